The van der Waals surface area contributed by atoms with E-state index >= 15 is 0 Å². The standard InChI is InChI=1S/C25H25N7O/c1-16(2)13-28-23-12-22(29-25(30-23)18-5-4-7-27-14-18)21-15-32(8-6-26)31-24(21)19-9-17(3)10-20(33)11-19/h4-5,7,9-12,14-16,33H,8,13H2,1-3H3,(H,28,29,30). The van der Waals surface area contributed by atoms with Crippen molar-refractivity contribution in [3.05, 3.63) is 60.6 Å². The van der Waals surface area contributed by atoms with Gasteiger partial charge in [-0.25, -0.2) is 9.97 Å². The summed E-state index contributed by atoms with van der Waals surface area (Å²) in [4.78, 5) is 13.7. The minimum Gasteiger partial charge on any atom is -0.508 e. The maximum absolute atomic E-state index is 10.2. The first-order valence-corrected chi connectivity index (χ1v) is 10.7. The SMILES string of the molecule is Cc1cc(O)cc(-c2nn(CC#N)cc2-c2cc(NCC(C)C)nc(-c3cccnc3)n2)c1. The molecule has 0 amide bonds. The van der Waals surface area contributed by atoms with E-state index in [2.05, 4.69) is 35.3 Å². The number of aryl methyl sites for hydroxylation is 1. The van der Waals surface area contributed by atoms with Gasteiger partial charge in [0.15, 0.2) is 5.82 Å². The summed E-state index contributed by atoms with van der Waals surface area (Å²) in [6.45, 7) is 7.03. The van der Waals surface area contributed by atoms with Crippen LogP contribution in [-0.4, -0.2) is 36.4 Å². The number of nitriles is 1. The summed E-state index contributed by atoms with van der Waals surface area (Å²) < 4.78 is 1.58. The average molecular weight is 440 g/mol. The van der Waals surface area contributed by atoms with Gasteiger partial charge in [0.2, 0.25) is 0 Å². The number of phenols is 1. The Hall–Kier alpha value is -4.25. The predicted molar refractivity (Wildman–Crippen MR) is 127 cm³/mol. The summed E-state index contributed by atoms with van der Waals surface area (Å²) in [6, 6.07) is 13.1. The Morgan fingerprint density at radius 1 is 1.15 bits per heavy atom. The van der Waals surface area contributed by atoms with Crippen molar-refractivity contribution < 1.29 is 5.11 Å². The third-order valence-corrected chi connectivity index (χ3v) is 4.94. The van der Waals surface area contributed by atoms with Crippen molar-refractivity contribution in [1.82, 2.24) is 24.7 Å². The molecule has 166 valence electrons. The quantitative estimate of drug-likeness (QED) is 0.430. The third kappa shape index (κ3) is 5.15. The van der Waals surface area contributed by atoms with Crippen molar-refractivity contribution in [2.45, 2.75) is 27.3 Å². The second-order valence-electron chi connectivity index (χ2n) is 8.28. The number of rotatable bonds is 7. The molecular formula is C25H25N7O. The molecule has 0 aliphatic rings. The smallest absolute Gasteiger partial charge is 0.163 e. The first-order chi connectivity index (χ1) is 15.9. The molecule has 3 heterocycles. The number of aromatic nitrogens is 5. The number of anilines is 1. The number of hydrogen-bond donors (Lipinski definition) is 2. The van der Waals surface area contributed by atoms with Gasteiger partial charge in [-0.15, -0.1) is 0 Å². The highest BCUT2D eigenvalue weighted by Gasteiger charge is 2.18. The number of benzene rings is 1. The highest BCUT2D eigenvalue weighted by molar-refractivity contribution is 5.81. The number of nitrogens with zero attached hydrogens (tertiary/aromatic N) is 6. The first kappa shape index (κ1) is 22.0. The van der Waals surface area contributed by atoms with E-state index in [0.717, 1.165) is 28.8 Å². The normalized spacial score (nSPS) is 10.9. The highest BCUT2D eigenvalue weighted by Crippen LogP contribution is 2.34. The molecule has 0 atom stereocenters. The Labute approximate surface area is 192 Å². The molecule has 0 spiro atoms. The summed E-state index contributed by atoms with van der Waals surface area (Å²) in [5, 5.41) is 27.4. The fraction of sp³-hybridized carbons (Fsp3) is 0.240. The molecule has 0 aliphatic heterocycles. The van der Waals surface area contributed by atoms with Gasteiger partial charge in [-0.1, -0.05) is 13.8 Å². The number of pyridine rings is 1. The monoisotopic (exact) mass is 439 g/mol. The molecule has 4 rings (SSSR count). The number of hydrogen-bond acceptors (Lipinski definition) is 7. The van der Waals surface area contributed by atoms with Gasteiger partial charge in [-0.3, -0.25) is 9.67 Å². The van der Waals surface area contributed by atoms with Gasteiger partial charge in [0, 0.05) is 47.9 Å². The minimum atomic E-state index is 0.101. The van der Waals surface area contributed by atoms with Crippen molar-refractivity contribution in [3.8, 4) is 45.7 Å². The van der Waals surface area contributed by atoms with Gasteiger partial charge in [0.25, 0.3) is 0 Å². The van der Waals surface area contributed by atoms with E-state index < -0.39 is 0 Å². The van der Waals surface area contributed by atoms with Crippen LogP contribution in [0.2, 0.25) is 0 Å². The van der Waals surface area contributed by atoms with Crippen LogP contribution >= 0.6 is 0 Å². The zero-order chi connectivity index (χ0) is 23.4. The molecule has 0 fully saturated rings. The van der Waals surface area contributed by atoms with Crippen LogP contribution in [0.4, 0.5) is 5.82 Å². The molecule has 8 heteroatoms. The van der Waals surface area contributed by atoms with Gasteiger partial charge >= 0.3 is 0 Å². The summed E-state index contributed by atoms with van der Waals surface area (Å²) in [6.07, 6.45) is 5.24. The molecule has 4 aromatic rings. The molecule has 2 N–H and O–H groups in total. The van der Waals surface area contributed by atoms with Crippen LogP contribution in [-0.2, 0) is 6.54 Å². The Bertz CT molecular complexity index is 1290. The van der Waals surface area contributed by atoms with Crippen molar-refractivity contribution in [3.63, 3.8) is 0 Å². The molecule has 0 radical (unpaired) electrons. The second-order valence-corrected chi connectivity index (χ2v) is 8.28. The molecule has 0 saturated heterocycles. The first-order valence-electron chi connectivity index (χ1n) is 10.7. The van der Waals surface area contributed by atoms with E-state index in [4.69, 9.17) is 9.97 Å². The van der Waals surface area contributed by atoms with Crippen LogP contribution < -0.4 is 5.32 Å². The molecule has 1 aromatic carbocycles. The summed E-state index contributed by atoms with van der Waals surface area (Å²) in [5.74, 6) is 1.83. The van der Waals surface area contributed by atoms with Crippen LogP contribution in [0.3, 0.4) is 0 Å². The second kappa shape index (κ2) is 9.49. The van der Waals surface area contributed by atoms with Crippen LogP contribution in [0.1, 0.15) is 19.4 Å². The van der Waals surface area contributed by atoms with Crippen LogP contribution in [0.25, 0.3) is 33.9 Å². The lowest BCUT2D eigenvalue weighted by Crippen LogP contribution is -2.10. The third-order valence-electron chi connectivity index (χ3n) is 4.94. The van der Waals surface area contributed by atoms with Gasteiger partial charge in [0.1, 0.15) is 23.8 Å². The van der Waals surface area contributed by atoms with E-state index in [-0.39, 0.29) is 12.3 Å². The molecule has 0 saturated carbocycles. The lowest BCUT2D eigenvalue weighted by Gasteiger charge is -2.12. The highest BCUT2D eigenvalue weighted by atomic mass is 16.3. The average Bonchev–Trinajstić information content (AvgIpc) is 3.22. The van der Waals surface area contributed by atoms with E-state index in [0.29, 0.717) is 28.9 Å². The van der Waals surface area contributed by atoms with Crippen molar-refractivity contribution in [2.75, 3.05) is 11.9 Å². The van der Waals surface area contributed by atoms with Gasteiger partial charge in [-0.2, -0.15) is 10.4 Å². The Morgan fingerprint density at radius 3 is 2.70 bits per heavy atom. The lowest BCUT2D eigenvalue weighted by atomic mass is 10.0. The van der Waals surface area contributed by atoms with Crippen molar-refractivity contribution >= 4 is 5.82 Å². The summed E-state index contributed by atoms with van der Waals surface area (Å²) >= 11 is 0. The predicted octanol–water partition coefficient (Wildman–Crippen LogP) is 4.67. The summed E-state index contributed by atoms with van der Waals surface area (Å²) in [7, 11) is 0. The number of phenolic OH excluding ortho intramolecular Hbond substituents is 1. The molecule has 0 unspecified atom stereocenters. The van der Waals surface area contributed by atoms with E-state index in [1.807, 2.05) is 31.2 Å². The zero-order valence-corrected chi connectivity index (χ0v) is 18.8. The fourth-order valence-electron chi connectivity index (χ4n) is 3.48. The largest absolute Gasteiger partial charge is 0.508 e. The molecule has 33 heavy (non-hydrogen) atoms. The molecule has 0 bridgehead atoms. The molecular weight excluding hydrogens is 414 g/mol. The van der Waals surface area contributed by atoms with Gasteiger partial charge in [-0.05, 0) is 48.7 Å². The zero-order valence-electron chi connectivity index (χ0n) is 18.8. The Morgan fingerprint density at radius 2 is 2.00 bits per heavy atom. The van der Waals surface area contributed by atoms with Crippen LogP contribution in [0.15, 0.2) is 55.0 Å². The van der Waals surface area contributed by atoms with E-state index in [9.17, 15) is 10.4 Å². The van der Waals surface area contributed by atoms with Crippen LogP contribution in [0.5, 0.6) is 5.75 Å². The number of aromatic hydroxyl groups is 1. The Balaban J connectivity index is 1.90. The minimum absolute atomic E-state index is 0.101. The Kier molecular flexibility index (Phi) is 6.31. The van der Waals surface area contributed by atoms with Crippen LogP contribution in [0, 0.1) is 24.2 Å². The van der Waals surface area contributed by atoms with E-state index in [1.165, 1.54) is 0 Å². The fourth-order valence-corrected chi connectivity index (χ4v) is 3.48. The summed E-state index contributed by atoms with van der Waals surface area (Å²) in [5.41, 5.74) is 4.49. The van der Waals surface area contributed by atoms with Gasteiger partial charge in [0.05, 0.1) is 11.8 Å². The van der Waals surface area contributed by atoms with Gasteiger partial charge < -0.3 is 10.4 Å². The van der Waals surface area contributed by atoms with E-state index in [1.54, 1.807) is 35.4 Å². The topological polar surface area (TPSA) is 113 Å². The maximum Gasteiger partial charge on any atom is 0.163 e. The number of nitrogens with one attached hydrogen (secondary N) is 1. The molecule has 8 nitrogen and oxygen atoms in total. The van der Waals surface area contributed by atoms with Crippen molar-refractivity contribution in [2.24, 2.45) is 5.92 Å². The molecule has 0 aliphatic carbocycles. The van der Waals surface area contributed by atoms with Crippen molar-refractivity contribution in [1.29, 1.82) is 5.26 Å². The lowest BCUT2D eigenvalue weighted by molar-refractivity contribution is 0.475. The molecule has 3 aromatic heterocycles. The maximum atomic E-state index is 10.2.